The largest absolute Gasteiger partial charge is 0.497 e. The van der Waals surface area contributed by atoms with Crippen LogP contribution in [0.4, 0.5) is 5.69 Å². The van der Waals surface area contributed by atoms with Gasteiger partial charge in [-0.15, -0.1) is 0 Å². The Bertz CT molecular complexity index is 886. The van der Waals surface area contributed by atoms with Crippen LogP contribution in [0.15, 0.2) is 78.4 Å². The average molecular weight is 376 g/mol. The van der Waals surface area contributed by atoms with E-state index in [0.717, 1.165) is 17.0 Å². The molecule has 28 heavy (non-hydrogen) atoms. The number of rotatable bonds is 7. The van der Waals surface area contributed by atoms with Gasteiger partial charge in [-0.05, 0) is 36.2 Å². The van der Waals surface area contributed by atoms with Crippen molar-refractivity contribution in [2.75, 3.05) is 19.1 Å². The predicted molar refractivity (Wildman–Crippen MR) is 110 cm³/mol. The van der Waals surface area contributed by atoms with Crippen molar-refractivity contribution in [1.29, 1.82) is 0 Å². The van der Waals surface area contributed by atoms with Crippen molar-refractivity contribution in [3.63, 3.8) is 0 Å². The molecular weight excluding hydrogens is 352 g/mol. The number of allylic oxidation sites excluding steroid dienone is 3. The Hall–Kier alpha value is -3.34. The number of anilines is 1. The first kappa shape index (κ1) is 19.4. The number of nitrogens with zero attached hydrogens (tertiary/aromatic N) is 1. The smallest absolute Gasteiger partial charge is 0.249 e. The fourth-order valence-electron chi connectivity index (χ4n) is 3.08. The Labute approximate surface area is 165 Å². The van der Waals surface area contributed by atoms with Crippen molar-refractivity contribution in [1.82, 2.24) is 5.32 Å². The van der Waals surface area contributed by atoms with E-state index in [9.17, 15) is 9.59 Å². The summed E-state index contributed by atoms with van der Waals surface area (Å²) in [5.41, 5.74) is 2.39. The maximum Gasteiger partial charge on any atom is 0.249 e. The van der Waals surface area contributed by atoms with Gasteiger partial charge in [0.2, 0.25) is 11.8 Å². The lowest BCUT2D eigenvalue weighted by molar-refractivity contribution is -0.125. The van der Waals surface area contributed by atoms with Crippen LogP contribution in [-0.4, -0.2) is 32.0 Å². The molecule has 0 spiro atoms. The highest BCUT2D eigenvalue weighted by atomic mass is 16.5. The molecule has 0 radical (unpaired) electrons. The fraction of sp³-hybridized carbons (Fsp3) is 0.217. The van der Waals surface area contributed by atoms with Crippen molar-refractivity contribution in [3.05, 3.63) is 84.0 Å². The second kappa shape index (κ2) is 9.04. The Morgan fingerprint density at radius 2 is 1.82 bits per heavy atom. The lowest BCUT2D eigenvalue weighted by Gasteiger charge is -2.25. The molecule has 0 bridgehead atoms. The lowest BCUT2D eigenvalue weighted by atomic mass is 10.0. The molecule has 2 amide bonds. The van der Waals surface area contributed by atoms with Crippen LogP contribution in [0.1, 0.15) is 12.0 Å². The normalized spacial score (nSPS) is 13.6. The number of amides is 2. The summed E-state index contributed by atoms with van der Waals surface area (Å²) in [6, 6.07) is 16.3. The van der Waals surface area contributed by atoms with Crippen LogP contribution in [0.5, 0.6) is 5.75 Å². The molecule has 2 aromatic carbocycles. The minimum absolute atomic E-state index is 0.172. The maximum atomic E-state index is 13.2. The van der Waals surface area contributed by atoms with Gasteiger partial charge in [0.1, 0.15) is 11.8 Å². The number of benzene rings is 2. The molecule has 0 fully saturated rings. The van der Waals surface area contributed by atoms with Crippen molar-refractivity contribution < 1.29 is 14.3 Å². The number of methoxy groups -OCH3 is 1. The maximum absolute atomic E-state index is 13.2. The second-order valence-corrected chi connectivity index (χ2v) is 6.64. The summed E-state index contributed by atoms with van der Waals surface area (Å²) in [6.07, 6.45) is 6.57. The zero-order valence-corrected chi connectivity index (χ0v) is 16.1. The Kier molecular flexibility index (Phi) is 6.27. The SMILES string of the molecule is COc1ccc(N(C)C(=O)[C@H](Cc2ccccc2)NC(=O)C2=CC=CC2)cc1. The van der Waals surface area contributed by atoms with Crippen LogP contribution in [0.3, 0.4) is 0 Å². The molecule has 2 aromatic rings. The van der Waals surface area contributed by atoms with E-state index in [2.05, 4.69) is 5.32 Å². The zero-order valence-electron chi connectivity index (χ0n) is 16.1. The Morgan fingerprint density at radius 3 is 2.43 bits per heavy atom. The number of ether oxygens (including phenoxy) is 1. The first-order valence-electron chi connectivity index (χ1n) is 9.20. The van der Waals surface area contributed by atoms with Gasteiger partial charge < -0.3 is 15.0 Å². The van der Waals surface area contributed by atoms with Crippen molar-refractivity contribution in [2.24, 2.45) is 0 Å². The van der Waals surface area contributed by atoms with Gasteiger partial charge in [0.15, 0.2) is 0 Å². The summed E-state index contributed by atoms with van der Waals surface area (Å²) >= 11 is 0. The van der Waals surface area contributed by atoms with E-state index in [1.54, 1.807) is 37.3 Å². The van der Waals surface area contributed by atoms with Gasteiger partial charge >= 0.3 is 0 Å². The number of hydrogen-bond donors (Lipinski definition) is 1. The van der Waals surface area contributed by atoms with E-state index >= 15 is 0 Å². The van der Waals surface area contributed by atoms with E-state index in [1.807, 2.05) is 54.6 Å². The average Bonchev–Trinajstić information content (AvgIpc) is 3.28. The molecule has 5 nitrogen and oxygen atoms in total. The van der Waals surface area contributed by atoms with E-state index in [0.29, 0.717) is 18.4 Å². The Balaban J connectivity index is 1.79. The van der Waals surface area contributed by atoms with Gasteiger partial charge in [0.05, 0.1) is 7.11 Å². The molecular formula is C23H24N2O3. The molecule has 3 rings (SSSR count). The molecule has 1 atom stereocenters. The molecule has 0 heterocycles. The minimum atomic E-state index is -0.663. The fourth-order valence-corrected chi connectivity index (χ4v) is 3.08. The molecule has 0 aliphatic heterocycles. The van der Waals surface area contributed by atoms with E-state index < -0.39 is 6.04 Å². The molecule has 144 valence electrons. The Morgan fingerprint density at radius 1 is 1.11 bits per heavy atom. The van der Waals surface area contributed by atoms with Crippen LogP contribution in [0.2, 0.25) is 0 Å². The lowest BCUT2D eigenvalue weighted by Crippen LogP contribution is -2.49. The van der Waals surface area contributed by atoms with Crippen LogP contribution < -0.4 is 15.0 Å². The first-order chi connectivity index (χ1) is 13.6. The van der Waals surface area contributed by atoms with Crippen molar-refractivity contribution >= 4 is 17.5 Å². The molecule has 0 aromatic heterocycles. The standard InChI is InChI=1S/C23H24N2O3/c1-25(19-12-14-20(28-2)15-13-19)23(27)21(16-17-8-4-3-5-9-17)24-22(26)18-10-6-7-11-18/h3-10,12-15,21H,11,16H2,1-2H3,(H,24,26)/t21-/m0/s1. The third kappa shape index (κ3) is 4.68. The second-order valence-electron chi connectivity index (χ2n) is 6.64. The number of likely N-dealkylation sites (N-methyl/N-ethyl adjacent to an activating group) is 1. The van der Waals surface area contributed by atoms with Gasteiger partial charge in [0, 0.05) is 24.7 Å². The summed E-state index contributed by atoms with van der Waals surface area (Å²) in [5, 5.41) is 2.92. The van der Waals surface area contributed by atoms with E-state index in [-0.39, 0.29) is 11.8 Å². The predicted octanol–water partition coefficient (Wildman–Crippen LogP) is 3.27. The molecule has 1 N–H and O–H groups in total. The number of carbonyl (C=O) groups excluding carboxylic acids is 2. The quantitative estimate of drug-likeness (QED) is 0.807. The van der Waals surface area contributed by atoms with Gasteiger partial charge in [-0.1, -0.05) is 48.6 Å². The van der Waals surface area contributed by atoms with E-state index in [1.165, 1.54) is 0 Å². The van der Waals surface area contributed by atoms with Crippen molar-refractivity contribution in [3.8, 4) is 5.75 Å². The number of carbonyl (C=O) groups is 2. The molecule has 1 aliphatic rings. The topological polar surface area (TPSA) is 58.6 Å². The van der Waals surface area contributed by atoms with Crippen LogP contribution in [-0.2, 0) is 16.0 Å². The first-order valence-corrected chi connectivity index (χ1v) is 9.20. The molecule has 0 saturated heterocycles. The highest BCUT2D eigenvalue weighted by molar-refractivity contribution is 6.02. The molecule has 1 aliphatic carbocycles. The van der Waals surface area contributed by atoms with Crippen LogP contribution in [0.25, 0.3) is 0 Å². The number of nitrogens with one attached hydrogen (secondary N) is 1. The highest BCUT2D eigenvalue weighted by Gasteiger charge is 2.26. The van der Waals surface area contributed by atoms with Gasteiger partial charge in [-0.2, -0.15) is 0 Å². The minimum Gasteiger partial charge on any atom is -0.497 e. The molecule has 5 heteroatoms. The number of hydrogen-bond acceptors (Lipinski definition) is 3. The summed E-state index contributed by atoms with van der Waals surface area (Å²) in [4.78, 5) is 27.3. The molecule has 0 unspecified atom stereocenters. The molecule has 0 saturated carbocycles. The third-order valence-electron chi connectivity index (χ3n) is 4.74. The zero-order chi connectivity index (χ0) is 19.9. The summed E-state index contributed by atoms with van der Waals surface area (Å²) in [5.74, 6) is 0.343. The summed E-state index contributed by atoms with van der Waals surface area (Å²) in [7, 11) is 3.31. The van der Waals surface area contributed by atoms with Gasteiger partial charge in [-0.3, -0.25) is 9.59 Å². The van der Waals surface area contributed by atoms with E-state index in [4.69, 9.17) is 4.74 Å². The van der Waals surface area contributed by atoms with Crippen LogP contribution in [0, 0.1) is 0 Å². The van der Waals surface area contributed by atoms with Gasteiger partial charge in [0.25, 0.3) is 0 Å². The van der Waals surface area contributed by atoms with Crippen molar-refractivity contribution in [2.45, 2.75) is 18.9 Å². The summed E-state index contributed by atoms with van der Waals surface area (Å²) in [6.45, 7) is 0. The van der Waals surface area contributed by atoms with Gasteiger partial charge in [-0.25, -0.2) is 0 Å². The van der Waals surface area contributed by atoms with Crippen LogP contribution >= 0.6 is 0 Å². The monoisotopic (exact) mass is 376 g/mol. The third-order valence-corrected chi connectivity index (χ3v) is 4.74. The summed E-state index contributed by atoms with van der Waals surface area (Å²) < 4.78 is 5.17. The highest BCUT2D eigenvalue weighted by Crippen LogP contribution is 2.20.